The van der Waals surface area contributed by atoms with Crippen LogP contribution in [0.2, 0.25) is 0 Å². The average molecular weight is 382 g/mol. The quantitative estimate of drug-likeness (QED) is 0.848. The van der Waals surface area contributed by atoms with Crippen molar-refractivity contribution in [3.8, 4) is 5.75 Å². The van der Waals surface area contributed by atoms with Gasteiger partial charge in [-0.25, -0.2) is 0 Å². The van der Waals surface area contributed by atoms with Crippen molar-refractivity contribution in [3.05, 3.63) is 53.3 Å². The number of aromatic nitrogens is 1. The van der Waals surface area contributed by atoms with E-state index in [2.05, 4.69) is 10.3 Å². The van der Waals surface area contributed by atoms with E-state index in [1.807, 2.05) is 34.1 Å². The molecule has 0 bridgehead atoms. The summed E-state index contributed by atoms with van der Waals surface area (Å²) in [5.41, 5.74) is 1.98. The summed E-state index contributed by atoms with van der Waals surface area (Å²) in [6.07, 6.45) is 3.73. The maximum Gasteiger partial charge on any atom is 0.270 e. The third-order valence-electron chi connectivity index (χ3n) is 5.56. The van der Waals surface area contributed by atoms with Gasteiger partial charge in [0.2, 0.25) is 0 Å². The number of hydrogen-bond donors (Lipinski definition) is 2. The minimum atomic E-state index is -0.120. The molecule has 0 spiro atoms. The molecule has 2 N–H and O–H groups in total. The minimum Gasteiger partial charge on any atom is -0.496 e. The number of methoxy groups -OCH3 is 1. The molecule has 0 saturated carbocycles. The van der Waals surface area contributed by atoms with Gasteiger partial charge in [0, 0.05) is 44.5 Å². The second-order valence-electron chi connectivity index (χ2n) is 7.26. The van der Waals surface area contributed by atoms with E-state index in [0.29, 0.717) is 24.3 Å². The zero-order valence-electron chi connectivity index (χ0n) is 16.1. The average Bonchev–Trinajstić information content (AvgIpc) is 3.45. The number of hydrogen-bond acceptors (Lipinski definition) is 4. The van der Waals surface area contributed by atoms with E-state index < -0.39 is 0 Å². The number of likely N-dealkylation sites (tertiary alicyclic amines) is 1. The van der Waals surface area contributed by atoms with Gasteiger partial charge in [-0.2, -0.15) is 0 Å². The number of carbonyl (C=O) groups is 2. The van der Waals surface area contributed by atoms with Crippen molar-refractivity contribution in [1.29, 1.82) is 0 Å². The van der Waals surface area contributed by atoms with E-state index in [1.54, 1.807) is 19.4 Å². The van der Waals surface area contributed by atoms with Gasteiger partial charge in [-0.1, -0.05) is 18.2 Å². The Labute approximate surface area is 164 Å². The van der Waals surface area contributed by atoms with Crippen molar-refractivity contribution in [2.45, 2.75) is 18.9 Å². The minimum absolute atomic E-state index is 0.0295. The van der Waals surface area contributed by atoms with Crippen LogP contribution in [-0.2, 0) is 0 Å². The lowest BCUT2D eigenvalue weighted by Gasteiger charge is -2.37. The molecule has 4 rings (SSSR count). The van der Waals surface area contributed by atoms with Crippen LogP contribution in [0.4, 0.5) is 0 Å². The summed E-state index contributed by atoms with van der Waals surface area (Å²) < 4.78 is 5.50. The molecule has 2 fully saturated rings. The molecule has 1 unspecified atom stereocenters. The molecule has 2 aliphatic heterocycles. The Morgan fingerprint density at radius 1 is 1.11 bits per heavy atom. The predicted octanol–water partition coefficient (Wildman–Crippen LogP) is 2.05. The van der Waals surface area contributed by atoms with Gasteiger partial charge >= 0.3 is 0 Å². The van der Waals surface area contributed by atoms with Gasteiger partial charge in [0.25, 0.3) is 11.8 Å². The zero-order chi connectivity index (χ0) is 19.5. The number of nitrogens with one attached hydrogen (secondary N) is 2. The molecule has 148 valence electrons. The molecule has 2 aromatic rings. The first kappa shape index (κ1) is 18.6. The van der Waals surface area contributed by atoms with Crippen molar-refractivity contribution in [2.24, 2.45) is 0 Å². The number of aromatic amines is 1. The summed E-state index contributed by atoms with van der Waals surface area (Å²) in [7, 11) is 1.64. The number of carbonyl (C=O) groups excluding carboxylic acids is 2. The molecular formula is C21H26N4O3. The van der Waals surface area contributed by atoms with Crippen LogP contribution in [0, 0.1) is 0 Å². The predicted molar refractivity (Wildman–Crippen MR) is 106 cm³/mol. The Kier molecular flexibility index (Phi) is 5.34. The second kappa shape index (κ2) is 8.06. The normalized spacial score (nSPS) is 19.7. The van der Waals surface area contributed by atoms with Crippen molar-refractivity contribution < 1.29 is 14.3 Å². The van der Waals surface area contributed by atoms with E-state index in [4.69, 9.17) is 4.74 Å². The van der Waals surface area contributed by atoms with Crippen LogP contribution in [-0.4, -0.2) is 66.4 Å². The molecule has 3 heterocycles. The van der Waals surface area contributed by atoms with Crippen LogP contribution in [0.5, 0.6) is 5.75 Å². The lowest BCUT2D eigenvalue weighted by atomic mass is 10.0. The molecule has 1 aromatic carbocycles. The number of rotatable bonds is 4. The van der Waals surface area contributed by atoms with Gasteiger partial charge in [-0.3, -0.25) is 9.59 Å². The third-order valence-corrected chi connectivity index (χ3v) is 5.56. The Morgan fingerprint density at radius 2 is 1.89 bits per heavy atom. The summed E-state index contributed by atoms with van der Waals surface area (Å²) in [4.78, 5) is 32.5. The molecule has 2 amide bonds. The number of H-pyrrole nitrogens is 1. The van der Waals surface area contributed by atoms with Crippen LogP contribution in [0.25, 0.3) is 0 Å². The molecule has 28 heavy (non-hydrogen) atoms. The van der Waals surface area contributed by atoms with Crippen molar-refractivity contribution in [1.82, 2.24) is 20.1 Å². The molecular weight excluding hydrogens is 356 g/mol. The fourth-order valence-corrected chi connectivity index (χ4v) is 4.06. The molecule has 1 aromatic heterocycles. The number of para-hydroxylation sites is 1. The number of nitrogens with zero attached hydrogens (tertiary/aromatic N) is 2. The van der Waals surface area contributed by atoms with Gasteiger partial charge in [0.15, 0.2) is 0 Å². The van der Waals surface area contributed by atoms with Gasteiger partial charge in [0.1, 0.15) is 11.4 Å². The summed E-state index contributed by atoms with van der Waals surface area (Å²) in [6.45, 7) is 3.57. The maximum absolute atomic E-state index is 13.3. The third kappa shape index (κ3) is 3.49. The molecule has 7 heteroatoms. The van der Waals surface area contributed by atoms with Crippen molar-refractivity contribution >= 4 is 11.8 Å². The highest BCUT2D eigenvalue weighted by Gasteiger charge is 2.31. The van der Waals surface area contributed by atoms with Gasteiger partial charge < -0.3 is 24.8 Å². The Bertz CT molecular complexity index is 857. The molecule has 2 saturated heterocycles. The number of benzene rings is 1. The molecule has 0 radical (unpaired) electrons. The fraction of sp³-hybridized carbons (Fsp3) is 0.429. The van der Waals surface area contributed by atoms with Crippen LogP contribution < -0.4 is 10.1 Å². The van der Waals surface area contributed by atoms with E-state index in [0.717, 1.165) is 43.8 Å². The number of ether oxygens (including phenoxy) is 1. The van der Waals surface area contributed by atoms with Gasteiger partial charge in [-0.15, -0.1) is 0 Å². The molecule has 0 aliphatic carbocycles. The fourth-order valence-electron chi connectivity index (χ4n) is 4.06. The maximum atomic E-state index is 13.3. The molecule has 7 nitrogen and oxygen atoms in total. The summed E-state index contributed by atoms with van der Waals surface area (Å²) >= 11 is 0. The van der Waals surface area contributed by atoms with Crippen LogP contribution in [0.15, 0.2) is 36.5 Å². The molecule has 2 aliphatic rings. The van der Waals surface area contributed by atoms with Crippen molar-refractivity contribution in [2.75, 3.05) is 39.8 Å². The van der Waals surface area contributed by atoms with E-state index in [-0.39, 0.29) is 17.9 Å². The standard InChI is InChI=1S/C21H26N4O3/c1-28-19-7-3-2-6-16(19)18-14-22-8-11-25(18)20(26)15-12-17(23-13-15)21(27)24-9-4-5-10-24/h2-3,6-7,12-13,18,22-23H,4-5,8-11,14H2,1H3. The summed E-state index contributed by atoms with van der Waals surface area (Å²) in [6, 6.07) is 9.35. The van der Waals surface area contributed by atoms with Crippen LogP contribution in [0.1, 0.15) is 45.3 Å². The van der Waals surface area contributed by atoms with Crippen LogP contribution in [0.3, 0.4) is 0 Å². The second-order valence-corrected chi connectivity index (χ2v) is 7.26. The first-order valence-corrected chi connectivity index (χ1v) is 9.81. The Hall–Kier alpha value is -2.80. The number of amides is 2. The lowest BCUT2D eigenvalue weighted by molar-refractivity contribution is 0.0632. The van der Waals surface area contributed by atoms with Gasteiger partial charge in [-0.05, 0) is 25.0 Å². The lowest BCUT2D eigenvalue weighted by Crippen LogP contribution is -2.48. The van der Waals surface area contributed by atoms with E-state index in [1.165, 1.54) is 0 Å². The smallest absolute Gasteiger partial charge is 0.270 e. The SMILES string of the molecule is COc1ccccc1C1CNCCN1C(=O)c1c[nH]c(C(=O)N2CCCC2)c1. The summed E-state index contributed by atoms with van der Waals surface area (Å²) in [5, 5.41) is 3.36. The topological polar surface area (TPSA) is 77.7 Å². The number of piperazine rings is 1. The van der Waals surface area contributed by atoms with E-state index >= 15 is 0 Å². The van der Waals surface area contributed by atoms with Crippen LogP contribution >= 0.6 is 0 Å². The largest absolute Gasteiger partial charge is 0.496 e. The first-order chi connectivity index (χ1) is 13.7. The molecule has 1 atom stereocenters. The first-order valence-electron chi connectivity index (χ1n) is 9.81. The van der Waals surface area contributed by atoms with Gasteiger partial charge in [0.05, 0.1) is 18.7 Å². The summed E-state index contributed by atoms with van der Waals surface area (Å²) in [5.74, 6) is 0.667. The highest BCUT2D eigenvalue weighted by molar-refractivity contribution is 5.99. The highest BCUT2D eigenvalue weighted by atomic mass is 16.5. The zero-order valence-corrected chi connectivity index (χ0v) is 16.1. The monoisotopic (exact) mass is 382 g/mol. The highest BCUT2D eigenvalue weighted by Crippen LogP contribution is 2.31. The Morgan fingerprint density at radius 3 is 2.68 bits per heavy atom. The Balaban J connectivity index is 1.56. The van der Waals surface area contributed by atoms with Crippen molar-refractivity contribution in [3.63, 3.8) is 0 Å². The van der Waals surface area contributed by atoms with E-state index in [9.17, 15) is 9.59 Å².